The van der Waals surface area contributed by atoms with Crippen LogP contribution in [0.5, 0.6) is 0 Å². The smallest absolute Gasteiger partial charge is 0.328 e. The molecule has 30 heavy (non-hydrogen) atoms. The van der Waals surface area contributed by atoms with Crippen LogP contribution in [-0.2, 0) is 27.2 Å². The summed E-state index contributed by atoms with van der Waals surface area (Å²) in [6.45, 7) is 6.62. The highest BCUT2D eigenvalue weighted by molar-refractivity contribution is 5.69. The van der Waals surface area contributed by atoms with E-state index in [1.165, 1.54) is 33.1 Å². The first-order chi connectivity index (χ1) is 14.4. The monoisotopic (exact) mass is 409 g/mol. The van der Waals surface area contributed by atoms with Crippen molar-refractivity contribution in [3.63, 3.8) is 0 Å². The molecular formula is C23H31N5O2. The Morgan fingerprint density at radius 1 is 1.13 bits per heavy atom. The largest absolute Gasteiger partial charge is 0.332 e. The Morgan fingerprint density at radius 3 is 2.47 bits per heavy atom. The average Bonchev–Trinajstić information content (AvgIpc) is 3.50. The summed E-state index contributed by atoms with van der Waals surface area (Å²) in [7, 11) is 3.45. The molecule has 3 aromatic rings. The van der Waals surface area contributed by atoms with Crippen LogP contribution >= 0.6 is 0 Å². The molecule has 7 nitrogen and oxygen atoms in total. The SMILES string of the molecule is CC(C)c1ccc(CN(CCCn2c(=O)c3c(ncn3C)n(C)c2=O)C2CC2)cc1. The minimum absolute atomic E-state index is 0.254. The fourth-order valence-electron chi connectivity index (χ4n) is 4.10. The van der Waals surface area contributed by atoms with E-state index in [0.29, 0.717) is 29.7 Å². The van der Waals surface area contributed by atoms with E-state index in [1.807, 2.05) is 0 Å². The van der Waals surface area contributed by atoms with E-state index in [9.17, 15) is 9.59 Å². The lowest BCUT2D eigenvalue weighted by Gasteiger charge is -2.22. The fourth-order valence-corrected chi connectivity index (χ4v) is 4.10. The molecule has 1 saturated carbocycles. The van der Waals surface area contributed by atoms with Crippen LogP contribution in [0, 0.1) is 0 Å². The Kier molecular flexibility index (Phi) is 5.64. The molecule has 0 spiro atoms. The number of rotatable bonds is 8. The van der Waals surface area contributed by atoms with Crippen molar-refractivity contribution in [1.29, 1.82) is 0 Å². The van der Waals surface area contributed by atoms with Gasteiger partial charge in [0.2, 0.25) is 0 Å². The zero-order valence-corrected chi connectivity index (χ0v) is 18.3. The number of benzene rings is 1. The zero-order chi connectivity index (χ0) is 21.4. The molecule has 0 unspecified atom stereocenters. The molecule has 7 heteroatoms. The second-order valence-corrected chi connectivity index (χ2v) is 8.78. The predicted molar refractivity (Wildman–Crippen MR) is 119 cm³/mol. The van der Waals surface area contributed by atoms with Crippen LogP contribution in [0.4, 0.5) is 0 Å². The molecule has 0 amide bonds. The Bertz CT molecular complexity index is 1150. The van der Waals surface area contributed by atoms with Gasteiger partial charge in [-0.1, -0.05) is 38.1 Å². The minimum Gasteiger partial charge on any atom is -0.328 e. The molecule has 160 valence electrons. The molecule has 1 aliphatic rings. The maximum atomic E-state index is 12.9. The van der Waals surface area contributed by atoms with E-state index in [-0.39, 0.29) is 11.2 Å². The number of hydrogen-bond donors (Lipinski definition) is 0. The van der Waals surface area contributed by atoms with Crippen LogP contribution in [0.2, 0.25) is 0 Å². The van der Waals surface area contributed by atoms with Gasteiger partial charge in [0.15, 0.2) is 11.2 Å². The van der Waals surface area contributed by atoms with Gasteiger partial charge in [-0.3, -0.25) is 18.8 Å². The van der Waals surface area contributed by atoms with E-state index in [0.717, 1.165) is 19.5 Å². The lowest BCUT2D eigenvalue weighted by molar-refractivity contribution is 0.245. The lowest BCUT2D eigenvalue weighted by Crippen LogP contribution is -2.40. The quantitative estimate of drug-likeness (QED) is 0.574. The molecule has 1 aromatic carbocycles. The molecule has 1 fully saturated rings. The van der Waals surface area contributed by atoms with Crippen molar-refractivity contribution in [2.75, 3.05) is 6.54 Å². The van der Waals surface area contributed by atoms with Gasteiger partial charge in [-0.05, 0) is 36.3 Å². The summed E-state index contributed by atoms with van der Waals surface area (Å²) in [5.74, 6) is 0.538. The van der Waals surface area contributed by atoms with Crippen LogP contribution in [0.15, 0.2) is 40.2 Å². The van der Waals surface area contributed by atoms with Crippen LogP contribution in [0.25, 0.3) is 11.2 Å². The maximum absolute atomic E-state index is 12.9. The molecule has 0 N–H and O–H groups in total. The first-order valence-electron chi connectivity index (χ1n) is 10.8. The molecule has 2 aromatic heterocycles. The predicted octanol–water partition coefficient (Wildman–Crippen LogP) is 2.61. The highest BCUT2D eigenvalue weighted by atomic mass is 16.2. The summed E-state index contributed by atoms with van der Waals surface area (Å²) < 4.78 is 4.50. The van der Waals surface area contributed by atoms with Crippen molar-refractivity contribution >= 4 is 11.2 Å². The van der Waals surface area contributed by atoms with Crippen LogP contribution in [-0.4, -0.2) is 36.2 Å². The molecule has 2 heterocycles. The molecule has 0 bridgehead atoms. The minimum atomic E-state index is -0.298. The molecular weight excluding hydrogens is 378 g/mol. The van der Waals surface area contributed by atoms with Crippen molar-refractivity contribution in [3.05, 3.63) is 62.6 Å². The lowest BCUT2D eigenvalue weighted by atomic mass is 10.0. The average molecular weight is 410 g/mol. The second-order valence-electron chi connectivity index (χ2n) is 8.78. The van der Waals surface area contributed by atoms with Crippen molar-refractivity contribution in [3.8, 4) is 0 Å². The molecule has 4 rings (SSSR count). The Balaban J connectivity index is 1.46. The number of hydrogen-bond acceptors (Lipinski definition) is 4. The summed E-state index contributed by atoms with van der Waals surface area (Å²) in [6.07, 6.45) is 4.80. The Hall–Kier alpha value is -2.67. The number of imidazole rings is 1. The summed E-state index contributed by atoms with van der Waals surface area (Å²) in [4.78, 5) is 32.2. The van der Waals surface area contributed by atoms with Gasteiger partial charge >= 0.3 is 5.69 Å². The van der Waals surface area contributed by atoms with Crippen molar-refractivity contribution < 1.29 is 0 Å². The van der Waals surface area contributed by atoms with Gasteiger partial charge in [-0.25, -0.2) is 9.78 Å². The second kappa shape index (κ2) is 8.22. The Morgan fingerprint density at radius 2 is 1.83 bits per heavy atom. The van der Waals surface area contributed by atoms with Gasteiger partial charge in [0.1, 0.15) is 0 Å². The number of fused-ring (bicyclic) bond motifs is 1. The van der Waals surface area contributed by atoms with Gasteiger partial charge in [0.25, 0.3) is 5.56 Å². The zero-order valence-electron chi connectivity index (χ0n) is 18.3. The van der Waals surface area contributed by atoms with Gasteiger partial charge < -0.3 is 4.57 Å². The third-order valence-electron chi connectivity index (χ3n) is 6.12. The Labute approximate surface area is 176 Å². The highest BCUT2D eigenvalue weighted by Crippen LogP contribution is 2.28. The van der Waals surface area contributed by atoms with Gasteiger partial charge in [0, 0.05) is 39.8 Å². The van der Waals surface area contributed by atoms with Gasteiger partial charge in [-0.15, -0.1) is 0 Å². The molecule has 0 radical (unpaired) electrons. The first-order valence-corrected chi connectivity index (χ1v) is 10.8. The first kappa shape index (κ1) is 20.6. The maximum Gasteiger partial charge on any atom is 0.332 e. The molecule has 1 aliphatic carbocycles. The summed E-state index contributed by atoms with van der Waals surface area (Å²) >= 11 is 0. The van der Waals surface area contributed by atoms with Gasteiger partial charge in [-0.2, -0.15) is 0 Å². The molecule has 0 atom stereocenters. The van der Waals surface area contributed by atoms with Crippen molar-refractivity contribution in [2.45, 2.75) is 58.2 Å². The topological polar surface area (TPSA) is 65.1 Å². The third-order valence-corrected chi connectivity index (χ3v) is 6.12. The summed E-state index contributed by atoms with van der Waals surface area (Å²) in [5, 5.41) is 0. The van der Waals surface area contributed by atoms with Crippen LogP contribution in [0.3, 0.4) is 0 Å². The standard InChI is InChI=1S/C23H31N5O2/c1-16(2)18-8-6-17(7-9-18)14-27(19-10-11-19)12-5-13-28-22(29)20-21(24-15-25(20)3)26(4)23(28)30/h6-9,15-16,19H,5,10-14H2,1-4H3. The summed E-state index contributed by atoms with van der Waals surface area (Å²) in [6, 6.07) is 9.51. The molecule has 0 aliphatic heterocycles. The fraction of sp³-hybridized carbons (Fsp3) is 0.522. The van der Waals surface area contributed by atoms with E-state index in [2.05, 4.69) is 48.0 Å². The third kappa shape index (κ3) is 3.99. The van der Waals surface area contributed by atoms with Crippen LogP contribution < -0.4 is 11.2 Å². The van der Waals surface area contributed by atoms with Crippen molar-refractivity contribution in [2.24, 2.45) is 14.1 Å². The van der Waals surface area contributed by atoms with E-state index >= 15 is 0 Å². The van der Waals surface area contributed by atoms with Crippen LogP contribution in [0.1, 0.15) is 50.2 Å². The highest BCUT2D eigenvalue weighted by Gasteiger charge is 2.28. The number of aromatic nitrogens is 4. The molecule has 0 saturated heterocycles. The van der Waals surface area contributed by atoms with E-state index in [4.69, 9.17) is 0 Å². The summed E-state index contributed by atoms with van der Waals surface area (Å²) in [5.41, 5.74) is 3.03. The van der Waals surface area contributed by atoms with Gasteiger partial charge in [0.05, 0.1) is 6.33 Å². The number of nitrogens with zero attached hydrogens (tertiary/aromatic N) is 5. The normalized spacial score (nSPS) is 14.3. The van der Waals surface area contributed by atoms with E-state index < -0.39 is 0 Å². The number of aryl methyl sites for hydroxylation is 2. The van der Waals surface area contributed by atoms with E-state index in [1.54, 1.807) is 25.0 Å². The van der Waals surface area contributed by atoms with Crippen molar-refractivity contribution in [1.82, 2.24) is 23.6 Å².